The number of aliphatic hydroxyl groups excluding tert-OH is 1. The molecule has 0 aliphatic rings. The largest absolute Gasteiger partial charge is 0.472 e. The molecule has 0 heterocycles. The van der Waals surface area contributed by atoms with Crippen LogP contribution in [0.4, 0.5) is 0 Å². The van der Waals surface area contributed by atoms with E-state index in [9.17, 15) is 43.2 Å². The van der Waals surface area contributed by atoms with Crippen molar-refractivity contribution >= 4 is 39.5 Å². The molecule has 90 heavy (non-hydrogen) atoms. The maximum atomic E-state index is 13.0. The van der Waals surface area contributed by atoms with Gasteiger partial charge in [0.1, 0.15) is 19.3 Å². The van der Waals surface area contributed by atoms with Gasteiger partial charge >= 0.3 is 39.5 Å². The molecule has 0 rings (SSSR count). The van der Waals surface area contributed by atoms with Crippen molar-refractivity contribution < 1.29 is 80.2 Å². The summed E-state index contributed by atoms with van der Waals surface area (Å²) < 4.78 is 68.1. The van der Waals surface area contributed by atoms with E-state index >= 15 is 0 Å². The molecule has 0 saturated heterocycles. The molecule has 0 aromatic rings. The van der Waals surface area contributed by atoms with Gasteiger partial charge in [0, 0.05) is 25.7 Å². The highest BCUT2D eigenvalue weighted by molar-refractivity contribution is 7.47. The molecule has 0 bridgehead atoms. The lowest BCUT2D eigenvalue weighted by Gasteiger charge is -2.21. The van der Waals surface area contributed by atoms with Gasteiger partial charge < -0.3 is 33.8 Å². The Kier molecular flexibility index (Phi) is 59.4. The van der Waals surface area contributed by atoms with Gasteiger partial charge in [-0.05, 0) is 49.4 Å². The van der Waals surface area contributed by atoms with Crippen molar-refractivity contribution in [3.8, 4) is 0 Å². The Bertz CT molecular complexity index is 1790. The number of phosphoric acid groups is 2. The van der Waals surface area contributed by atoms with Crippen LogP contribution >= 0.6 is 15.6 Å². The average molecular weight is 1330 g/mol. The summed E-state index contributed by atoms with van der Waals surface area (Å²) in [6.45, 7) is 14.0. The van der Waals surface area contributed by atoms with Gasteiger partial charge in [-0.2, -0.15) is 0 Å². The zero-order valence-corrected chi connectivity index (χ0v) is 60.6. The van der Waals surface area contributed by atoms with Crippen molar-refractivity contribution in [2.24, 2.45) is 23.7 Å². The standard InChI is InChI=1S/C71H138O17P2/c1-9-63(7)49-41-33-23-21-19-17-15-13-11-12-14-16-18-20-22-24-37-45-53-70(75)87-66(57-82-69(74)52-44-36-30-27-34-42-50-64(8)10-2)59-85-89(77,78)83-55-65(72)56-84-90(79,80)86-60-67(88-71(76)54-46-38-29-26-32-40-48-62(5)6)58-81-68(73)51-43-35-28-25-31-39-47-61(3)4/h61-67,72H,9-60H2,1-8H3,(H,77,78)(H,79,80)/t63?,64?,65-,66+,67+/m0/s1. The zero-order chi connectivity index (χ0) is 66.8. The summed E-state index contributed by atoms with van der Waals surface area (Å²) in [5.74, 6) is 0.813. The molecule has 0 aliphatic carbocycles. The summed E-state index contributed by atoms with van der Waals surface area (Å²) in [6, 6.07) is 0. The van der Waals surface area contributed by atoms with Crippen LogP contribution in [-0.4, -0.2) is 96.7 Å². The minimum absolute atomic E-state index is 0.101. The lowest BCUT2D eigenvalue weighted by Crippen LogP contribution is -2.30. The second-order valence-corrected chi connectivity index (χ2v) is 30.0. The molecule has 3 N–H and O–H groups in total. The van der Waals surface area contributed by atoms with E-state index in [0.717, 1.165) is 115 Å². The molecule has 0 aliphatic heterocycles. The molecule has 0 aromatic heterocycles. The first-order chi connectivity index (χ1) is 43.2. The second kappa shape index (κ2) is 60.7. The Hall–Kier alpha value is -1.94. The summed E-state index contributed by atoms with van der Waals surface area (Å²) in [6.07, 6.45) is 43.6. The third-order valence-corrected chi connectivity index (χ3v) is 18.9. The van der Waals surface area contributed by atoms with Crippen molar-refractivity contribution in [2.45, 2.75) is 369 Å². The summed E-state index contributed by atoms with van der Waals surface area (Å²) >= 11 is 0. The molecule has 0 amide bonds. The molecule has 17 nitrogen and oxygen atoms in total. The van der Waals surface area contributed by atoms with E-state index < -0.39 is 97.5 Å². The van der Waals surface area contributed by atoms with Crippen molar-refractivity contribution in [2.75, 3.05) is 39.6 Å². The summed E-state index contributed by atoms with van der Waals surface area (Å²) in [5.41, 5.74) is 0. The average Bonchev–Trinajstić information content (AvgIpc) is 3.68. The Morgan fingerprint density at radius 3 is 0.789 bits per heavy atom. The Morgan fingerprint density at radius 1 is 0.311 bits per heavy atom. The number of unbranched alkanes of at least 4 members (excludes halogenated alkanes) is 32. The number of carbonyl (C=O) groups excluding carboxylic acids is 4. The monoisotopic (exact) mass is 1320 g/mol. The third-order valence-electron chi connectivity index (χ3n) is 17.0. The highest BCUT2D eigenvalue weighted by atomic mass is 31.2. The van der Waals surface area contributed by atoms with Crippen LogP contribution < -0.4 is 0 Å². The normalized spacial score (nSPS) is 14.9. The minimum atomic E-state index is -4.95. The molecule has 0 spiro atoms. The first-order valence-corrected chi connectivity index (χ1v) is 39.8. The quantitative estimate of drug-likeness (QED) is 0.0222. The molecule has 534 valence electrons. The fourth-order valence-corrected chi connectivity index (χ4v) is 12.2. The van der Waals surface area contributed by atoms with Crippen LogP contribution in [0.5, 0.6) is 0 Å². The highest BCUT2D eigenvalue weighted by Crippen LogP contribution is 2.45. The van der Waals surface area contributed by atoms with Crippen LogP contribution in [0.1, 0.15) is 351 Å². The van der Waals surface area contributed by atoms with E-state index in [0.29, 0.717) is 37.5 Å². The Labute approximate surface area is 549 Å². The Morgan fingerprint density at radius 2 is 0.533 bits per heavy atom. The third kappa shape index (κ3) is 62.2. The fraction of sp³-hybridized carbons (Fsp3) is 0.944. The number of ether oxygens (including phenoxy) is 4. The van der Waals surface area contributed by atoms with Gasteiger partial charge in [0.15, 0.2) is 12.2 Å². The smallest absolute Gasteiger partial charge is 0.462 e. The summed E-state index contributed by atoms with van der Waals surface area (Å²) in [4.78, 5) is 72.4. The number of hydrogen-bond donors (Lipinski definition) is 3. The first-order valence-electron chi connectivity index (χ1n) is 36.8. The number of hydrogen-bond acceptors (Lipinski definition) is 15. The lowest BCUT2D eigenvalue weighted by molar-refractivity contribution is -0.161. The number of esters is 4. The van der Waals surface area contributed by atoms with Gasteiger partial charge in [0.05, 0.1) is 26.4 Å². The maximum Gasteiger partial charge on any atom is 0.472 e. The molecule has 19 heteroatoms. The van der Waals surface area contributed by atoms with Crippen molar-refractivity contribution in [3.05, 3.63) is 0 Å². The molecule has 7 atom stereocenters. The SMILES string of the molecule is CCC(C)CCCCCCCCCCCCCCCCCCCCC(=O)O[C@H](COC(=O)CCCCCCCCC(C)CC)COP(=O)(O)OC[C@H](O)COP(=O)(O)OC[C@@H](COC(=O)CCCCCCCCC(C)C)OC(=O)CCCCCCCCC(C)C. The van der Waals surface area contributed by atoms with E-state index in [4.69, 9.17) is 37.0 Å². The minimum Gasteiger partial charge on any atom is -0.462 e. The number of aliphatic hydroxyl groups is 1. The zero-order valence-electron chi connectivity index (χ0n) is 58.8. The van der Waals surface area contributed by atoms with Crippen LogP contribution in [0.15, 0.2) is 0 Å². The molecule has 0 radical (unpaired) electrons. The van der Waals surface area contributed by atoms with E-state index in [1.165, 1.54) is 141 Å². The molecule has 0 aromatic carbocycles. The molecule has 0 saturated carbocycles. The van der Waals surface area contributed by atoms with E-state index in [1.54, 1.807) is 0 Å². The maximum absolute atomic E-state index is 13.0. The predicted molar refractivity (Wildman–Crippen MR) is 363 cm³/mol. The van der Waals surface area contributed by atoms with Crippen LogP contribution in [0, 0.1) is 23.7 Å². The topological polar surface area (TPSA) is 237 Å². The van der Waals surface area contributed by atoms with E-state index in [2.05, 4.69) is 55.4 Å². The lowest BCUT2D eigenvalue weighted by atomic mass is 9.99. The van der Waals surface area contributed by atoms with Gasteiger partial charge in [-0.25, -0.2) is 9.13 Å². The van der Waals surface area contributed by atoms with Crippen LogP contribution in [-0.2, 0) is 65.4 Å². The first kappa shape index (κ1) is 88.1. The molecule has 0 fully saturated rings. The second-order valence-electron chi connectivity index (χ2n) is 27.1. The van der Waals surface area contributed by atoms with E-state index in [1.807, 2.05) is 0 Å². The number of phosphoric ester groups is 2. The summed E-state index contributed by atoms with van der Waals surface area (Å²) in [5, 5.41) is 10.6. The van der Waals surface area contributed by atoms with Gasteiger partial charge in [-0.1, -0.05) is 299 Å². The molecular weight excluding hydrogens is 1190 g/mol. The van der Waals surface area contributed by atoms with Crippen molar-refractivity contribution in [1.29, 1.82) is 0 Å². The molecular formula is C71H138O17P2. The molecule has 4 unspecified atom stereocenters. The van der Waals surface area contributed by atoms with Crippen molar-refractivity contribution in [3.63, 3.8) is 0 Å². The highest BCUT2D eigenvalue weighted by Gasteiger charge is 2.30. The van der Waals surface area contributed by atoms with Gasteiger partial charge in [-0.15, -0.1) is 0 Å². The number of carbonyl (C=O) groups is 4. The van der Waals surface area contributed by atoms with E-state index in [-0.39, 0.29) is 25.7 Å². The number of rotatable bonds is 68. The predicted octanol–water partition coefficient (Wildman–Crippen LogP) is 20.1. The fourth-order valence-electron chi connectivity index (χ4n) is 10.6. The van der Waals surface area contributed by atoms with Gasteiger partial charge in [0.25, 0.3) is 0 Å². The van der Waals surface area contributed by atoms with Crippen molar-refractivity contribution in [1.82, 2.24) is 0 Å². The van der Waals surface area contributed by atoms with Gasteiger partial charge in [-0.3, -0.25) is 37.3 Å². The Balaban J connectivity index is 5.13. The van der Waals surface area contributed by atoms with Gasteiger partial charge in [0.2, 0.25) is 0 Å². The van der Waals surface area contributed by atoms with Crippen LogP contribution in [0.2, 0.25) is 0 Å². The van der Waals surface area contributed by atoms with Crippen LogP contribution in [0.3, 0.4) is 0 Å². The van der Waals surface area contributed by atoms with Crippen LogP contribution in [0.25, 0.3) is 0 Å². The summed E-state index contributed by atoms with van der Waals surface area (Å²) in [7, 11) is -9.90.